The van der Waals surface area contributed by atoms with Crippen LogP contribution in [0.15, 0.2) is 12.2 Å². The van der Waals surface area contributed by atoms with Gasteiger partial charge < -0.3 is 4.74 Å². The molecule has 2 heteroatoms. The van der Waals surface area contributed by atoms with Gasteiger partial charge in [-0.1, -0.05) is 12.2 Å². The van der Waals surface area contributed by atoms with Gasteiger partial charge in [0.2, 0.25) is 0 Å². The maximum Gasteiger partial charge on any atom is 0.312 e. The van der Waals surface area contributed by atoms with Gasteiger partial charge in [0, 0.05) is 0 Å². The molecule has 1 aliphatic rings. The number of carbonyl (C=O) groups is 1. The van der Waals surface area contributed by atoms with Crippen LogP contribution in [0.1, 0.15) is 26.7 Å². The standard InChI is InChI=1S/C9H14O2/c1-3-11-8(10)9(2)6-4-5-7-9/h4-5H,3,6-7H2,1-2H3. The second kappa shape index (κ2) is 3.07. The van der Waals surface area contributed by atoms with Gasteiger partial charge in [-0.25, -0.2) is 0 Å². The van der Waals surface area contributed by atoms with Crippen LogP contribution in [0.2, 0.25) is 0 Å². The number of hydrogen-bond acceptors (Lipinski definition) is 2. The van der Waals surface area contributed by atoms with E-state index in [1.165, 1.54) is 0 Å². The number of carbonyl (C=O) groups excluding carboxylic acids is 1. The molecule has 0 N–H and O–H groups in total. The normalized spacial score (nSPS) is 20.2. The van der Waals surface area contributed by atoms with Gasteiger partial charge in [0.05, 0.1) is 12.0 Å². The molecule has 0 fully saturated rings. The van der Waals surface area contributed by atoms with E-state index in [1.807, 2.05) is 26.0 Å². The number of ether oxygens (including phenoxy) is 1. The topological polar surface area (TPSA) is 26.3 Å². The Morgan fingerprint density at radius 1 is 1.55 bits per heavy atom. The highest BCUT2D eigenvalue weighted by Crippen LogP contribution is 2.33. The van der Waals surface area contributed by atoms with E-state index in [9.17, 15) is 4.79 Å². The van der Waals surface area contributed by atoms with Gasteiger partial charge in [-0.2, -0.15) is 0 Å². The van der Waals surface area contributed by atoms with Crippen molar-refractivity contribution in [3.05, 3.63) is 12.2 Å². The lowest BCUT2D eigenvalue weighted by molar-refractivity contribution is -0.153. The molecule has 0 aromatic heterocycles. The predicted octanol–water partition coefficient (Wildman–Crippen LogP) is 1.91. The number of esters is 1. The second-order valence-corrected chi connectivity index (χ2v) is 3.16. The van der Waals surface area contributed by atoms with Crippen LogP contribution in [0.3, 0.4) is 0 Å². The minimum Gasteiger partial charge on any atom is -0.466 e. The number of rotatable bonds is 2. The van der Waals surface area contributed by atoms with Gasteiger partial charge in [-0.3, -0.25) is 4.79 Å². The van der Waals surface area contributed by atoms with Gasteiger partial charge in [-0.15, -0.1) is 0 Å². The van der Waals surface area contributed by atoms with Crippen LogP contribution in [0.25, 0.3) is 0 Å². The first-order chi connectivity index (χ1) is 5.19. The van der Waals surface area contributed by atoms with Gasteiger partial charge >= 0.3 is 5.97 Å². The zero-order valence-corrected chi connectivity index (χ0v) is 7.09. The highest BCUT2D eigenvalue weighted by Gasteiger charge is 2.34. The van der Waals surface area contributed by atoms with Crippen molar-refractivity contribution in [3.63, 3.8) is 0 Å². The van der Waals surface area contributed by atoms with E-state index in [4.69, 9.17) is 4.74 Å². The van der Waals surface area contributed by atoms with Gasteiger partial charge in [0.1, 0.15) is 0 Å². The quantitative estimate of drug-likeness (QED) is 0.448. The molecule has 0 aromatic rings. The lowest BCUT2D eigenvalue weighted by Gasteiger charge is -2.20. The first-order valence-corrected chi connectivity index (χ1v) is 4.01. The van der Waals surface area contributed by atoms with Crippen molar-refractivity contribution >= 4 is 5.97 Å². The Bertz CT molecular complexity index is 174. The van der Waals surface area contributed by atoms with Crippen molar-refractivity contribution in [1.82, 2.24) is 0 Å². The molecule has 0 heterocycles. The second-order valence-electron chi connectivity index (χ2n) is 3.16. The molecule has 0 atom stereocenters. The third kappa shape index (κ3) is 1.62. The summed E-state index contributed by atoms with van der Waals surface area (Å²) in [6.07, 6.45) is 5.73. The summed E-state index contributed by atoms with van der Waals surface area (Å²) in [5, 5.41) is 0. The van der Waals surface area contributed by atoms with Gasteiger partial charge in [0.15, 0.2) is 0 Å². The molecule has 2 nitrogen and oxygen atoms in total. The Labute approximate surface area is 67.2 Å². The summed E-state index contributed by atoms with van der Waals surface area (Å²) in [5.41, 5.74) is -0.268. The molecule has 1 aliphatic carbocycles. The molecule has 0 aromatic carbocycles. The monoisotopic (exact) mass is 154 g/mol. The first kappa shape index (κ1) is 8.31. The van der Waals surface area contributed by atoms with E-state index < -0.39 is 0 Å². The zero-order chi connectivity index (χ0) is 8.32. The summed E-state index contributed by atoms with van der Waals surface area (Å²) in [6, 6.07) is 0. The molecular weight excluding hydrogens is 140 g/mol. The van der Waals surface area contributed by atoms with E-state index >= 15 is 0 Å². The van der Waals surface area contributed by atoms with E-state index in [0.717, 1.165) is 12.8 Å². The molecule has 0 unspecified atom stereocenters. The molecule has 0 saturated carbocycles. The molecule has 0 spiro atoms. The molecule has 0 aliphatic heterocycles. The third-order valence-electron chi connectivity index (χ3n) is 2.07. The van der Waals surface area contributed by atoms with E-state index in [1.54, 1.807) is 0 Å². The molecule has 11 heavy (non-hydrogen) atoms. The Balaban J connectivity index is 2.51. The molecular formula is C9H14O2. The SMILES string of the molecule is CCOC(=O)C1(C)CC=CC1. The summed E-state index contributed by atoms with van der Waals surface area (Å²) in [7, 11) is 0. The molecule has 0 amide bonds. The van der Waals surface area contributed by atoms with Crippen LogP contribution in [-0.4, -0.2) is 12.6 Å². The highest BCUT2D eigenvalue weighted by molar-refractivity contribution is 5.77. The van der Waals surface area contributed by atoms with E-state index in [-0.39, 0.29) is 11.4 Å². The maximum absolute atomic E-state index is 11.3. The van der Waals surface area contributed by atoms with E-state index in [2.05, 4.69) is 0 Å². The Morgan fingerprint density at radius 3 is 2.55 bits per heavy atom. The summed E-state index contributed by atoms with van der Waals surface area (Å²) in [5.74, 6) is -0.0648. The van der Waals surface area contributed by atoms with Crippen LogP contribution < -0.4 is 0 Å². The Kier molecular flexibility index (Phi) is 2.32. The Morgan fingerprint density at radius 2 is 2.09 bits per heavy atom. The smallest absolute Gasteiger partial charge is 0.312 e. The fourth-order valence-corrected chi connectivity index (χ4v) is 1.24. The van der Waals surface area contributed by atoms with Crippen LogP contribution in [0, 0.1) is 5.41 Å². The minimum atomic E-state index is -0.268. The average Bonchev–Trinajstić information content (AvgIpc) is 2.38. The van der Waals surface area contributed by atoms with Crippen molar-refractivity contribution < 1.29 is 9.53 Å². The van der Waals surface area contributed by atoms with Crippen molar-refractivity contribution in [3.8, 4) is 0 Å². The number of hydrogen-bond donors (Lipinski definition) is 0. The molecule has 0 bridgehead atoms. The summed E-state index contributed by atoms with van der Waals surface area (Å²) in [4.78, 5) is 11.3. The van der Waals surface area contributed by atoms with Crippen molar-refractivity contribution in [2.45, 2.75) is 26.7 Å². The van der Waals surface area contributed by atoms with E-state index in [0.29, 0.717) is 6.61 Å². The molecule has 1 rings (SSSR count). The lowest BCUT2D eigenvalue weighted by Crippen LogP contribution is -2.26. The molecule has 0 radical (unpaired) electrons. The third-order valence-corrected chi connectivity index (χ3v) is 2.07. The number of allylic oxidation sites excluding steroid dienone is 2. The lowest BCUT2D eigenvalue weighted by atomic mass is 9.88. The van der Waals surface area contributed by atoms with Crippen molar-refractivity contribution in [1.29, 1.82) is 0 Å². The summed E-state index contributed by atoms with van der Waals surface area (Å²) in [6.45, 7) is 4.27. The highest BCUT2D eigenvalue weighted by atomic mass is 16.5. The largest absolute Gasteiger partial charge is 0.466 e. The summed E-state index contributed by atoms with van der Waals surface area (Å²) >= 11 is 0. The van der Waals surface area contributed by atoms with Crippen LogP contribution in [-0.2, 0) is 9.53 Å². The van der Waals surface area contributed by atoms with Gasteiger partial charge in [0.25, 0.3) is 0 Å². The molecule has 0 saturated heterocycles. The first-order valence-electron chi connectivity index (χ1n) is 4.01. The molecule has 62 valence electrons. The van der Waals surface area contributed by atoms with Crippen LogP contribution in [0.4, 0.5) is 0 Å². The predicted molar refractivity (Wildman–Crippen MR) is 43.1 cm³/mol. The summed E-state index contributed by atoms with van der Waals surface area (Å²) < 4.78 is 4.95. The van der Waals surface area contributed by atoms with Gasteiger partial charge in [-0.05, 0) is 26.7 Å². The van der Waals surface area contributed by atoms with Crippen molar-refractivity contribution in [2.75, 3.05) is 6.61 Å². The fraction of sp³-hybridized carbons (Fsp3) is 0.667. The zero-order valence-electron chi connectivity index (χ0n) is 7.09. The average molecular weight is 154 g/mol. The fourth-order valence-electron chi connectivity index (χ4n) is 1.24. The van der Waals surface area contributed by atoms with Crippen LogP contribution in [0.5, 0.6) is 0 Å². The van der Waals surface area contributed by atoms with Crippen LogP contribution >= 0.6 is 0 Å². The Hall–Kier alpha value is -0.790. The minimum absolute atomic E-state index is 0.0648. The maximum atomic E-state index is 11.3. The van der Waals surface area contributed by atoms with Crippen molar-refractivity contribution in [2.24, 2.45) is 5.41 Å².